The third-order valence-electron chi connectivity index (χ3n) is 12.9. The predicted octanol–water partition coefficient (Wildman–Crippen LogP) is 16.4. The third-order valence-corrected chi connectivity index (χ3v) is 12.9. The lowest BCUT2D eigenvalue weighted by atomic mass is 10.0. The van der Waals surface area contributed by atoms with Gasteiger partial charge in [-0.3, -0.25) is 9.59 Å². The molecule has 0 bridgehead atoms. The lowest BCUT2D eigenvalue weighted by Crippen LogP contribution is -2.45. The Morgan fingerprint density at radius 3 is 1.02 bits per heavy atom. The van der Waals surface area contributed by atoms with Crippen LogP contribution in [0, 0.1) is 0 Å². The zero-order valence-corrected chi connectivity index (χ0v) is 40.7. The molecule has 0 aliphatic heterocycles. The first-order valence-corrected chi connectivity index (χ1v) is 27.3. The molecular weight excluding hydrogens is 743 g/mol. The van der Waals surface area contributed by atoms with E-state index < -0.39 is 12.1 Å². The van der Waals surface area contributed by atoms with E-state index in [4.69, 9.17) is 4.74 Å². The van der Waals surface area contributed by atoms with Crippen molar-refractivity contribution in [3.05, 3.63) is 0 Å². The molecule has 6 nitrogen and oxygen atoms in total. The van der Waals surface area contributed by atoms with Crippen LogP contribution in [0.3, 0.4) is 0 Å². The van der Waals surface area contributed by atoms with Gasteiger partial charge in [0.1, 0.15) is 0 Å². The molecule has 60 heavy (non-hydrogen) atoms. The molecule has 0 aromatic rings. The first-order chi connectivity index (χ1) is 29.5. The van der Waals surface area contributed by atoms with Crippen LogP contribution in [0.25, 0.3) is 0 Å². The quantitative estimate of drug-likeness (QED) is 0.0418. The predicted molar refractivity (Wildman–Crippen MR) is 260 cm³/mol. The van der Waals surface area contributed by atoms with E-state index in [9.17, 15) is 19.8 Å². The molecule has 0 spiro atoms. The molecule has 0 radical (unpaired) electrons. The van der Waals surface area contributed by atoms with E-state index in [1.54, 1.807) is 0 Å². The zero-order chi connectivity index (χ0) is 43.7. The summed E-state index contributed by atoms with van der Waals surface area (Å²) in [7, 11) is 0. The molecule has 2 atom stereocenters. The number of ether oxygens (including phenoxy) is 1. The van der Waals surface area contributed by atoms with Gasteiger partial charge in [-0.05, 0) is 25.7 Å². The van der Waals surface area contributed by atoms with Crippen molar-refractivity contribution >= 4 is 11.9 Å². The highest BCUT2D eigenvalue weighted by Gasteiger charge is 2.20. The summed E-state index contributed by atoms with van der Waals surface area (Å²) in [5.41, 5.74) is 0. The van der Waals surface area contributed by atoms with Gasteiger partial charge >= 0.3 is 5.97 Å². The molecule has 0 aliphatic rings. The minimum absolute atomic E-state index is 0.0117. The van der Waals surface area contributed by atoms with E-state index in [1.165, 1.54) is 238 Å². The van der Waals surface area contributed by atoms with Crippen molar-refractivity contribution in [1.82, 2.24) is 5.32 Å². The van der Waals surface area contributed by atoms with Gasteiger partial charge in [0.05, 0.1) is 25.4 Å². The number of rotatable bonds is 51. The molecule has 0 aromatic heterocycles. The van der Waals surface area contributed by atoms with Crippen LogP contribution in [-0.4, -0.2) is 47.4 Å². The molecule has 0 saturated carbocycles. The van der Waals surface area contributed by atoms with Crippen molar-refractivity contribution in [1.29, 1.82) is 0 Å². The maximum absolute atomic E-state index is 12.4. The third kappa shape index (κ3) is 46.4. The highest BCUT2D eigenvalue weighted by molar-refractivity contribution is 5.76. The topological polar surface area (TPSA) is 95.9 Å². The van der Waals surface area contributed by atoms with Crippen LogP contribution in [0.5, 0.6) is 0 Å². The largest absolute Gasteiger partial charge is 0.466 e. The Labute approximate surface area is 375 Å². The fraction of sp³-hybridized carbons (Fsp3) is 0.963. The Balaban J connectivity index is 3.36. The number of aliphatic hydroxyl groups is 2. The van der Waals surface area contributed by atoms with E-state index in [-0.39, 0.29) is 18.5 Å². The van der Waals surface area contributed by atoms with Crippen molar-refractivity contribution in [2.75, 3.05) is 13.2 Å². The normalized spacial score (nSPS) is 12.5. The molecule has 3 N–H and O–H groups in total. The van der Waals surface area contributed by atoms with Crippen molar-refractivity contribution in [2.45, 2.75) is 321 Å². The van der Waals surface area contributed by atoms with Crippen LogP contribution in [0.15, 0.2) is 0 Å². The van der Waals surface area contributed by atoms with Crippen LogP contribution < -0.4 is 5.32 Å². The SMILES string of the molecule is CCCCCCCCCCCCCCC(=O)OCCCCCCCCCCCCCCCCCCCCCCC(=O)NC(CO)C(O)CCCCCCCCCCCCC. The summed E-state index contributed by atoms with van der Waals surface area (Å²) in [6.45, 7) is 4.95. The summed E-state index contributed by atoms with van der Waals surface area (Å²) in [4.78, 5) is 24.4. The first kappa shape index (κ1) is 58.9. The van der Waals surface area contributed by atoms with E-state index in [0.717, 1.165) is 38.5 Å². The van der Waals surface area contributed by atoms with Crippen LogP contribution in [0.1, 0.15) is 309 Å². The summed E-state index contributed by atoms with van der Waals surface area (Å²) >= 11 is 0. The fourth-order valence-electron chi connectivity index (χ4n) is 8.70. The van der Waals surface area contributed by atoms with Gasteiger partial charge in [0.15, 0.2) is 0 Å². The molecule has 0 heterocycles. The smallest absolute Gasteiger partial charge is 0.305 e. The summed E-state index contributed by atoms with van der Waals surface area (Å²) in [5.74, 6) is -0.0247. The Morgan fingerprint density at radius 1 is 0.400 bits per heavy atom. The Morgan fingerprint density at radius 2 is 0.683 bits per heavy atom. The minimum Gasteiger partial charge on any atom is -0.466 e. The number of esters is 1. The summed E-state index contributed by atoms with van der Waals surface area (Å²) in [6.07, 6.45) is 56.6. The number of unbranched alkanes of at least 4 members (excludes halogenated alkanes) is 40. The molecule has 2 unspecified atom stereocenters. The maximum atomic E-state index is 12.4. The molecule has 0 aliphatic carbocycles. The lowest BCUT2D eigenvalue weighted by molar-refractivity contribution is -0.143. The lowest BCUT2D eigenvalue weighted by Gasteiger charge is -2.22. The minimum atomic E-state index is -0.662. The van der Waals surface area contributed by atoms with Gasteiger partial charge in [0.25, 0.3) is 0 Å². The van der Waals surface area contributed by atoms with Gasteiger partial charge in [-0.1, -0.05) is 271 Å². The van der Waals surface area contributed by atoms with E-state index >= 15 is 0 Å². The van der Waals surface area contributed by atoms with Crippen molar-refractivity contribution in [3.8, 4) is 0 Å². The molecule has 6 heteroatoms. The molecule has 1 amide bonds. The fourth-order valence-corrected chi connectivity index (χ4v) is 8.70. The van der Waals surface area contributed by atoms with Crippen molar-refractivity contribution in [3.63, 3.8) is 0 Å². The summed E-state index contributed by atoms with van der Waals surface area (Å²) in [5, 5.41) is 23.2. The van der Waals surface area contributed by atoms with Crippen LogP contribution >= 0.6 is 0 Å². The summed E-state index contributed by atoms with van der Waals surface area (Å²) < 4.78 is 5.47. The van der Waals surface area contributed by atoms with E-state index in [2.05, 4.69) is 19.2 Å². The van der Waals surface area contributed by atoms with Crippen molar-refractivity contribution in [2.24, 2.45) is 0 Å². The number of carbonyl (C=O) groups is 2. The Kier molecular flexibility index (Phi) is 49.5. The molecule has 0 aromatic carbocycles. The Bertz CT molecular complexity index is 852. The second-order valence-electron chi connectivity index (χ2n) is 18.9. The first-order valence-electron chi connectivity index (χ1n) is 27.3. The number of amides is 1. The standard InChI is InChI=1S/C54H107NO5/c1-3-5-7-9-11-13-15-28-32-36-40-44-48-54(59)60-49-45-41-37-33-29-25-23-21-19-17-16-18-20-22-24-27-31-35-39-43-47-53(58)55-51(50-56)52(57)46-42-38-34-30-26-14-12-10-8-6-4-2/h51-52,56-57H,3-50H2,1-2H3,(H,55,58). The van der Waals surface area contributed by atoms with Gasteiger partial charge in [0.2, 0.25) is 5.91 Å². The van der Waals surface area contributed by atoms with Crippen LogP contribution in [0.4, 0.5) is 0 Å². The molecule has 0 rings (SSSR count). The molecule has 358 valence electrons. The second kappa shape index (κ2) is 50.5. The summed E-state index contributed by atoms with van der Waals surface area (Å²) in [6, 6.07) is -0.540. The van der Waals surface area contributed by atoms with Crippen LogP contribution in [-0.2, 0) is 14.3 Å². The Hall–Kier alpha value is -1.14. The van der Waals surface area contributed by atoms with Crippen molar-refractivity contribution < 1.29 is 24.5 Å². The highest BCUT2D eigenvalue weighted by Crippen LogP contribution is 2.17. The number of hydrogen-bond acceptors (Lipinski definition) is 5. The van der Waals surface area contributed by atoms with Crippen LogP contribution in [0.2, 0.25) is 0 Å². The van der Waals surface area contributed by atoms with E-state index in [1.807, 2.05) is 0 Å². The number of hydrogen-bond donors (Lipinski definition) is 3. The molecular formula is C54H107NO5. The average molecular weight is 850 g/mol. The average Bonchev–Trinajstić information content (AvgIpc) is 3.25. The van der Waals surface area contributed by atoms with Gasteiger partial charge < -0.3 is 20.3 Å². The van der Waals surface area contributed by atoms with Gasteiger partial charge in [-0.15, -0.1) is 0 Å². The highest BCUT2D eigenvalue weighted by atomic mass is 16.5. The van der Waals surface area contributed by atoms with Gasteiger partial charge in [-0.25, -0.2) is 0 Å². The second-order valence-corrected chi connectivity index (χ2v) is 18.9. The molecule has 0 saturated heterocycles. The molecule has 0 fully saturated rings. The van der Waals surface area contributed by atoms with Gasteiger partial charge in [-0.2, -0.15) is 0 Å². The maximum Gasteiger partial charge on any atom is 0.305 e. The number of aliphatic hydroxyl groups excluding tert-OH is 2. The number of nitrogens with one attached hydrogen (secondary N) is 1. The van der Waals surface area contributed by atoms with E-state index in [0.29, 0.717) is 25.9 Å². The number of carbonyl (C=O) groups excluding carboxylic acids is 2. The monoisotopic (exact) mass is 850 g/mol. The zero-order valence-electron chi connectivity index (χ0n) is 40.7. The van der Waals surface area contributed by atoms with Gasteiger partial charge in [0, 0.05) is 12.8 Å².